The second-order valence-electron chi connectivity index (χ2n) is 5.49. The summed E-state index contributed by atoms with van der Waals surface area (Å²) in [5.74, 6) is -0.175. The number of rotatable bonds is 6. The van der Waals surface area contributed by atoms with E-state index in [1.807, 2.05) is 12.1 Å². The lowest BCUT2D eigenvalue weighted by atomic mass is 10.0. The second-order valence-corrected chi connectivity index (χ2v) is 5.49. The molecule has 0 fully saturated rings. The van der Waals surface area contributed by atoms with Gasteiger partial charge in [-0.3, -0.25) is 0 Å². The van der Waals surface area contributed by atoms with Crippen LogP contribution < -0.4 is 5.32 Å². The van der Waals surface area contributed by atoms with E-state index in [1.54, 1.807) is 0 Å². The zero-order chi connectivity index (χ0) is 15.1. The molecule has 0 atom stereocenters. The molecular weight excluding hydrogens is 261 g/mol. The first-order valence-corrected chi connectivity index (χ1v) is 7.34. The Balaban J connectivity index is 1.84. The number of halogens is 1. The van der Waals surface area contributed by atoms with Gasteiger partial charge in [-0.05, 0) is 62.1 Å². The Labute approximate surface area is 126 Å². The van der Waals surface area contributed by atoms with Crippen LogP contribution in [0, 0.1) is 5.82 Å². The van der Waals surface area contributed by atoms with Gasteiger partial charge in [-0.25, -0.2) is 4.39 Å². The largest absolute Gasteiger partial charge is 0.382 e. The highest BCUT2D eigenvalue weighted by Crippen LogP contribution is 2.12. The summed E-state index contributed by atoms with van der Waals surface area (Å²) in [6, 6.07) is 15.3. The van der Waals surface area contributed by atoms with Crippen molar-refractivity contribution in [2.75, 3.05) is 11.9 Å². The van der Waals surface area contributed by atoms with Gasteiger partial charge < -0.3 is 5.32 Å². The standard InChI is InChI=1S/C19H22FN/c1-15(2)13-14-21-19-11-7-17(8-12-19)4-3-16-5-9-18(20)10-6-16/h5-13,21H,3-4,14H2,1-2H3. The van der Waals surface area contributed by atoms with Crippen molar-refractivity contribution in [3.05, 3.63) is 77.1 Å². The van der Waals surface area contributed by atoms with Gasteiger partial charge in [0.2, 0.25) is 0 Å². The third-order valence-corrected chi connectivity index (χ3v) is 3.39. The van der Waals surface area contributed by atoms with Crippen molar-refractivity contribution in [3.8, 4) is 0 Å². The average Bonchev–Trinajstić information content (AvgIpc) is 2.48. The molecule has 0 spiro atoms. The third kappa shape index (κ3) is 5.42. The van der Waals surface area contributed by atoms with Crippen LogP contribution in [0.2, 0.25) is 0 Å². The van der Waals surface area contributed by atoms with Crippen LogP contribution >= 0.6 is 0 Å². The lowest BCUT2D eigenvalue weighted by molar-refractivity contribution is 0.627. The van der Waals surface area contributed by atoms with Gasteiger partial charge in [0.25, 0.3) is 0 Å². The Hall–Kier alpha value is -2.09. The van der Waals surface area contributed by atoms with Gasteiger partial charge in [0.1, 0.15) is 5.82 Å². The molecule has 1 nitrogen and oxygen atoms in total. The highest BCUT2D eigenvalue weighted by molar-refractivity contribution is 5.45. The molecule has 0 radical (unpaired) electrons. The topological polar surface area (TPSA) is 12.0 Å². The van der Waals surface area contributed by atoms with E-state index in [0.29, 0.717) is 0 Å². The molecule has 0 amide bonds. The van der Waals surface area contributed by atoms with E-state index in [2.05, 4.69) is 49.5 Å². The van der Waals surface area contributed by atoms with Crippen molar-refractivity contribution >= 4 is 5.69 Å². The maximum absolute atomic E-state index is 12.8. The summed E-state index contributed by atoms with van der Waals surface area (Å²) < 4.78 is 12.8. The fourth-order valence-corrected chi connectivity index (χ4v) is 2.10. The summed E-state index contributed by atoms with van der Waals surface area (Å²) in [6.07, 6.45) is 4.08. The van der Waals surface area contributed by atoms with Crippen molar-refractivity contribution in [2.24, 2.45) is 0 Å². The van der Waals surface area contributed by atoms with E-state index in [1.165, 1.54) is 28.8 Å². The summed E-state index contributed by atoms with van der Waals surface area (Å²) in [5.41, 5.74) is 4.92. The molecule has 21 heavy (non-hydrogen) atoms. The molecule has 0 aliphatic heterocycles. The van der Waals surface area contributed by atoms with E-state index in [4.69, 9.17) is 0 Å². The molecule has 0 heterocycles. The Kier molecular flexibility index (Phi) is 5.56. The monoisotopic (exact) mass is 283 g/mol. The van der Waals surface area contributed by atoms with Crippen LogP contribution in [0.4, 0.5) is 10.1 Å². The Bertz CT molecular complexity index is 578. The normalized spacial score (nSPS) is 10.2. The van der Waals surface area contributed by atoms with Crippen LogP contribution in [-0.4, -0.2) is 6.54 Å². The number of allylic oxidation sites excluding steroid dienone is 1. The molecule has 0 aliphatic carbocycles. The maximum atomic E-state index is 12.8. The fraction of sp³-hybridized carbons (Fsp3) is 0.263. The number of hydrogen-bond donors (Lipinski definition) is 1. The van der Waals surface area contributed by atoms with Crippen LogP contribution in [-0.2, 0) is 12.8 Å². The number of aryl methyl sites for hydroxylation is 2. The molecule has 0 saturated heterocycles. The highest BCUT2D eigenvalue weighted by Gasteiger charge is 1.97. The van der Waals surface area contributed by atoms with Gasteiger partial charge >= 0.3 is 0 Å². The first kappa shape index (κ1) is 15.3. The number of hydrogen-bond acceptors (Lipinski definition) is 1. The Morgan fingerprint density at radius 1 is 0.905 bits per heavy atom. The fourth-order valence-electron chi connectivity index (χ4n) is 2.10. The summed E-state index contributed by atoms with van der Waals surface area (Å²) in [5, 5.41) is 3.37. The van der Waals surface area contributed by atoms with E-state index < -0.39 is 0 Å². The van der Waals surface area contributed by atoms with E-state index >= 15 is 0 Å². The SMILES string of the molecule is CC(C)=CCNc1ccc(CCc2ccc(F)cc2)cc1. The summed E-state index contributed by atoms with van der Waals surface area (Å²) in [7, 11) is 0. The molecule has 0 aromatic heterocycles. The Morgan fingerprint density at radius 2 is 1.43 bits per heavy atom. The van der Waals surface area contributed by atoms with Gasteiger partial charge in [0.15, 0.2) is 0 Å². The van der Waals surface area contributed by atoms with Gasteiger partial charge in [-0.1, -0.05) is 35.9 Å². The molecule has 2 aromatic rings. The van der Waals surface area contributed by atoms with Gasteiger partial charge in [0, 0.05) is 12.2 Å². The van der Waals surface area contributed by atoms with Crippen molar-refractivity contribution in [1.29, 1.82) is 0 Å². The number of benzene rings is 2. The Morgan fingerprint density at radius 3 is 1.95 bits per heavy atom. The predicted molar refractivity (Wildman–Crippen MR) is 88.2 cm³/mol. The number of nitrogens with one attached hydrogen (secondary N) is 1. The quantitative estimate of drug-likeness (QED) is 0.736. The summed E-state index contributed by atoms with van der Waals surface area (Å²) in [4.78, 5) is 0. The second kappa shape index (κ2) is 7.63. The molecule has 0 saturated carbocycles. The molecule has 110 valence electrons. The van der Waals surface area contributed by atoms with Crippen LogP contribution in [0.25, 0.3) is 0 Å². The first-order chi connectivity index (χ1) is 10.1. The van der Waals surface area contributed by atoms with Crippen LogP contribution in [0.5, 0.6) is 0 Å². The zero-order valence-corrected chi connectivity index (χ0v) is 12.7. The lowest BCUT2D eigenvalue weighted by Gasteiger charge is -2.06. The molecule has 0 bridgehead atoms. The van der Waals surface area contributed by atoms with Crippen molar-refractivity contribution in [2.45, 2.75) is 26.7 Å². The molecule has 2 rings (SSSR count). The first-order valence-electron chi connectivity index (χ1n) is 7.34. The van der Waals surface area contributed by atoms with Crippen molar-refractivity contribution < 1.29 is 4.39 Å². The van der Waals surface area contributed by atoms with Crippen molar-refractivity contribution in [1.82, 2.24) is 0 Å². The third-order valence-electron chi connectivity index (χ3n) is 3.39. The maximum Gasteiger partial charge on any atom is 0.123 e. The van der Waals surface area contributed by atoms with Crippen LogP contribution in [0.3, 0.4) is 0 Å². The highest BCUT2D eigenvalue weighted by atomic mass is 19.1. The predicted octanol–water partition coefficient (Wildman–Crippen LogP) is 4.99. The van der Waals surface area contributed by atoms with E-state index in [0.717, 1.165) is 25.1 Å². The van der Waals surface area contributed by atoms with Gasteiger partial charge in [0.05, 0.1) is 0 Å². The number of anilines is 1. The lowest BCUT2D eigenvalue weighted by Crippen LogP contribution is -1.99. The van der Waals surface area contributed by atoms with Gasteiger partial charge in [-0.15, -0.1) is 0 Å². The average molecular weight is 283 g/mol. The molecule has 2 aromatic carbocycles. The molecule has 2 heteroatoms. The van der Waals surface area contributed by atoms with E-state index in [9.17, 15) is 4.39 Å². The molecule has 1 N–H and O–H groups in total. The minimum absolute atomic E-state index is 0.175. The van der Waals surface area contributed by atoms with Crippen LogP contribution in [0.15, 0.2) is 60.2 Å². The minimum atomic E-state index is -0.175. The molecular formula is C19H22FN. The molecule has 0 unspecified atom stereocenters. The smallest absolute Gasteiger partial charge is 0.123 e. The van der Waals surface area contributed by atoms with Crippen LogP contribution in [0.1, 0.15) is 25.0 Å². The molecule has 0 aliphatic rings. The minimum Gasteiger partial charge on any atom is -0.382 e. The summed E-state index contributed by atoms with van der Waals surface area (Å²) >= 11 is 0. The summed E-state index contributed by atoms with van der Waals surface area (Å²) in [6.45, 7) is 5.05. The zero-order valence-electron chi connectivity index (χ0n) is 12.7. The van der Waals surface area contributed by atoms with Crippen molar-refractivity contribution in [3.63, 3.8) is 0 Å². The van der Waals surface area contributed by atoms with E-state index in [-0.39, 0.29) is 5.82 Å². The van der Waals surface area contributed by atoms with Gasteiger partial charge in [-0.2, -0.15) is 0 Å².